The maximum Gasteiger partial charge on any atom is 0.271 e. The summed E-state index contributed by atoms with van der Waals surface area (Å²) in [4.78, 5) is 22.3. The minimum Gasteiger partial charge on any atom is -0.397 e. The van der Waals surface area contributed by atoms with Gasteiger partial charge < -0.3 is 11.1 Å². The van der Waals surface area contributed by atoms with Gasteiger partial charge in [0.05, 0.1) is 31.9 Å². The third kappa shape index (κ3) is 3.24. The molecule has 108 valence electrons. The van der Waals surface area contributed by atoms with E-state index in [1.54, 1.807) is 24.3 Å². The van der Waals surface area contributed by atoms with E-state index in [1.165, 1.54) is 0 Å². The number of carbonyl (C=O) groups excluding carboxylic acids is 1. The van der Waals surface area contributed by atoms with Gasteiger partial charge in [-0.25, -0.2) is 0 Å². The quantitative estimate of drug-likeness (QED) is 0.510. The second-order valence-electron chi connectivity index (χ2n) is 4.09. The maximum atomic E-state index is 12.2. The molecule has 0 heterocycles. The molecule has 0 aliphatic carbocycles. The van der Waals surface area contributed by atoms with E-state index in [0.29, 0.717) is 11.4 Å². The standard InChI is InChI=1S/C13H9Cl2N3O3/c14-9-6-7(18(20)21)5-8(12(9)15)13(19)17-11-4-2-1-3-10(11)16/h1-6H,16H2,(H,17,19). The molecule has 0 fully saturated rings. The van der Waals surface area contributed by atoms with Gasteiger partial charge in [0.2, 0.25) is 0 Å². The number of anilines is 2. The highest BCUT2D eigenvalue weighted by Gasteiger charge is 2.19. The highest BCUT2D eigenvalue weighted by molar-refractivity contribution is 6.44. The van der Waals surface area contributed by atoms with Gasteiger partial charge in [0, 0.05) is 12.1 Å². The lowest BCUT2D eigenvalue weighted by Crippen LogP contribution is -2.14. The summed E-state index contributed by atoms with van der Waals surface area (Å²) in [6.45, 7) is 0. The first-order valence-corrected chi connectivity index (χ1v) is 6.45. The molecule has 8 heteroatoms. The molecule has 0 unspecified atom stereocenters. The van der Waals surface area contributed by atoms with E-state index in [4.69, 9.17) is 28.9 Å². The monoisotopic (exact) mass is 325 g/mol. The number of rotatable bonds is 3. The fourth-order valence-electron chi connectivity index (χ4n) is 1.65. The Kier molecular flexibility index (Phi) is 4.30. The molecule has 6 nitrogen and oxygen atoms in total. The largest absolute Gasteiger partial charge is 0.397 e. The molecular weight excluding hydrogens is 317 g/mol. The SMILES string of the molecule is Nc1ccccc1NC(=O)c1cc([N+](=O)[O-])cc(Cl)c1Cl. The number of amides is 1. The van der Waals surface area contributed by atoms with Crippen LogP contribution in [-0.4, -0.2) is 10.8 Å². The van der Waals surface area contributed by atoms with Crippen molar-refractivity contribution in [3.63, 3.8) is 0 Å². The smallest absolute Gasteiger partial charge is 0.271 e. The van der Waals surface area contributed by atoms with Crippen LogP contribution >= 0.6 is 23.2 Å². The summed E-state index contributed by atoms with van der Waals surface area (Å²) in [6, 6.07) is 8.74. The molecule has 0 aliphatic rings. The summed E-state index contributed by atoms with van der Waals surface area (Å²) >= 11 is 11.7. The number of nitrogens with one attached hydrogen (secondary N) is 1. The molecule has 1 amide bonds. The molecule has 0 aromatic heterocycles. The number of para-hydroxylation sites is 2. The van der Waals surface area contributed by atoms with Crippen LogP contribution in [-0.2, 0) is 0 Å². The highest BCUT2D eigenvalue weighted by atomic mass is 35.5. The Labute approximate surface area is 129 Å². The zero-order chi connectivity index (χ0) is 15.6. The van der Waals surface area contributed by atoms with Crippen LogP contribution in [0.2, 0.25) is 10.0 Å². The van der Waals surface area contributed by atoms with Crippen LogP contribution in [0.4, 0.5) is 17.1 Å². The van der Waals surface area contributed by atoms with Gasteiger partial charge >= 0.3 is 0 Å². The molecule has 0 radical (unpaired) electrons. The molecule has 0 bridgehead atoms. The summed E-state index contributed by atoms with van der Waals surface area (Å²) in [7, 11) is 0. The minimum atomic E-state index is -0.657. The first kappa shape index (κ1) is 15.1. The van der Waals surface area contributed by atoms with Crippen molar-refractivity contribution >= 4 is 46.2 Å². The summed E-state index contributed by atoms with van der Waals surface area (Å²) in [5, 5.41) is 13.2. The van der Waals surface area contributed by atoms with Crippen molar-refractivity contribution in [1.82, 2.24) is 0 Å². The van der Waals surface area contributed by atoms with E-state index in [9.17, 15) is 14.9 Å². The lowest BCUT2D eigenvalue weighted by molar-refractivity contribution is -0.384. The second-order valence-corrected chi connectivity index (χ2v) is 4.87. The highest BCUT2D eigenvalue weighted by Crippen LogP contribution is 2.31. The summed E-state index contributed by atoms with van der Waals surface area (Å²) in [5.74, 6) is -0.636. The topological polar surface area (TPSA) is 98.3 Å². The van der Waals surface area contributed by atoms with Crippen LogP contribution in [0.25, 0.3) is 0 Å². The molecule has 0 saturated carbocycles. The van der Waals surface area contributed by atoms with E-state index in [1.807, 2.05) is 0 Å². The lowest BCUT2D eigenvalue weighted by atomic mass is 10.1. The zero-order valence-electron chi connectivity index (χ0n) is 10.5. The van der Waals surface area contributed by atoms with E-state index in [0.717, 1.165) is 12.1 Å². The van der Waals surface area contributed by atoms with Crippen LogP contribution < -0.4 is 11.1 Å². The van der Waals surface area contributed by atoms with Crippen LogP contribution in [0.5, 0.6) is 0 Å². The van der Waals surface area contributed by atoms with Crippen molar-refractivity contribution in [2.45, 2.75) is 0 Å². The number of hydrogen-bond donors (Lipinski definition) is 2. The molecule has 0 aliphatic heterocycles. The Bertz CT molecular complexity index is 735. The van der Waals surface area contributed by atoms with Gasteiger partial charge in [0.15, 0.2) is 0 Å². The third-order valence-electron chi connectivity index (χ3n) is 2.68. The number of halogens is 2. The molecule has 3 N–H and O–H groups in total. The fraction of sp³-hybridized carbons (Fsp3) is 0. The normalized spacial score (nSPS) is 10.2. The van der Waals surface area contributed by atoms with Crippen LogP contribution in [0.15, 0.2) is 36.4 Å². The van der Waals surface area contributed by atoms with E-state index >= 15 is 0 Å². The molecule has 2 aromatic carbocycles. The number of nitrogen functional groups attached to an aromatic ring is 1. The molecule has 2 rings (SSSR count). The Hall–Kier alpha value is -2.31. The van der Waals surface area contributed by atoms with Crippen molar-refractivity contribution in [2.24, 2.45) is 0 Å². The third-order valence-corrected chi connectivity index (χ3v) is 3.48. The van der Waals surface area contributed by atoms with Gasteiger partial charge in [0.1, 0.15) is 0 Å². The fourth-order valence-corrected chi connectivity index (χ4v) is 2.05. The van der Waals surface area contributed by atoms with Crippen LogP contribution in [0.3, 0.4) is 0 Å². The average Bonchev–Trinajstić information content (AvgIpc) is 2.43. The molecular formula is C13H9Cl2N3O3. The number of nitrogens with two attached hydrogens (primary N) is 1. The lowest BCUT2D eigenvalue weighted by Gasteiger charge is -2.09. The zero-order valence-corrected chi connectivity index (χ0v) is 12.0. The Morgan fingerprint density at radius 3 is 2.52 bits per heavy atom. The molecule has 21 heavy (non-hydrogen) atoms. The predicted molar refractivity (Wildman–Crippen MR) is 81.9 cm³/mol. The van der Waals surface area contributed by atoms with E-state index in [-0.39, 0.29) is 21.3 Å². The Morgan fingerprint density at radius 1 is 1.24 bits per heavy atom. The van der Waals surface area contributed by atoms with Crippen LogP contribution in [0, 0.1) is 10.1 Å². The minimum absolute atomic E-state index is 0.0609. The number of nitro groups is 1. The maximum absolute atomic E-state index is 12.2. The Balaban J connectivity index is 2.39. The Morgan fingerprint density at radius 2 is 1.90 bits per heavy atom. The van der Waals surface area contributed by atoms with Gasteiger partial charge in [-0.05, 0) is 12.1 Å². The molecule has 0 spiro atoms. The van der Waals surface area contributed by atoms with Gasteiger partial charge in [-0.15, -0.1) is 0 Å². The van der Waals surface area contributed by atoms with Crippen molar-refractivity contribution < 1.29 is 9.72 Å². The van der Waals surface area contributed by atoms with E-state index in [2.05, 4.69) is 5.32 Å². The number of nitrogens with zero attached hydrogens (tertiary/aromatic N) is 1. The molecule has 0 saturated heterocycles. The summed E-state index contributed by atoms with van der Waals surface area (Å²) < 4.78 is 0. The van der Waals surface area contributed by atoms with Crippen LogP contribution in [0.1, 0.15) is 10.4 Å². The number of nitro benzene ring substituents is 1. The molecule has 2 aromatic rings. The molecule has 0 atom stereocenters. The van der Waals surface area contributed by atoms with Gasteiger partial charge in [0.25, 0.3) is 11.6 Å². The summed E-state index contributed by atoms with van der Waals surface area (Å²) in [6.07, 6.45) is 0. The van der Waals surface area contributed by atoms with Gasteiger partial charge in [-0.3, -0.25) is 14.9 Å². The van der Waals surface area contributed by atoms with Gasteiger partial charge in [-0.2, -0.15) is 0 Å². The second kappa shape index (κ2) is 5.99. The van der Waals surface area contributed by atoms with E-state index < -0.39 is 10.8 Å². The van der Waals surface area contributed by atoms with Crippen molar-refractivity contribution in [2.75, 3.05) is 11.1 Å². The first-order valence-electron chi connectivity index (χ1n) is 5.69. The number of carbonyl (C=O) groups is 1. The number of benzene rings is 2. The average molecular weight is 326 g/mol. The predicted octanol–water partition coefficient (Wildman–Crippen LogP) is 3.74. The number of hydrogen-bond acceptors (Lipinski definition) is 4. The van der Waals surface area contributed by atoms with Crippen molar-refractivity contribution in [1.29, 1.82) is 0 Å². The number of non-ortho nitro benzene ring substituents is 1. The van der Waals surface area contributed by atoms with Crippen molar-refractivity contribution in [3.8, 4) is 0 Å². The van der Waals surface area contributed by atoms with Gasteiger partial charge in [-0.1, -0.05) is 35.3 Å². The van der Waals surface area contributed by atoms with Crippen molar-refractivity contribution in [3.05, 3.63) is 62.1 Å². The first-order chi connectivity index (χ1) is 9.90. The summed E-state index contributed by atoms with van der Waals surface area (Å²) in [5.41, 5.74) is 6.03.